The van der Waals surface area contributed by atoms with Crippen molar-refractivity contribution in [2.45, 2.75) is 65.1 Å². The molecule has 3 aliphatic heterocycles. The number of piperidine rings is 2. The van der Waals surface area contributed by atoms with E-state index in [0.29, 0.717) is 31.2 Å². The van der Waals surface area contributed by atoms with Crippen LogP contribution in [0.4, 0.5) is 0 Å². The third kappa shape index (κ3) is 3.83. The number of ether oxygens (including phenoxy) is 1. The zero-order valence-electron chi connectivity index (χ0n) is 18.1. The van der Waals surface area contributed by atoms with Gasteiger partial charge in [-0.1, -0.05) is 20.8 Å². The highest BCUT2D eigenvalue weighted by molar-refractivity contribution is 6.05. The average molecular weight is 414 g/mol. The zero-order valence-corrected chi connectivity index (χ0v) is 18.1. The first-order valence-electron chi connectivity index (χ1n) is 10.9. The van der Waals surface area contributed by atoms with Crippen LogP contribution in [0.3, 0.4) is 0 Å². The molecule has 0 saturated carbocycles. The Morgan fingerprint density at radius 2 is 2.03 bits per heavy atom. The van der Waals surface area contributed by atoms with E-state index in [1.165, 1.54) is 12.8 Å². The van der Waals surface area contributed by atoms with E-state index in [9.17, 15) is 14.4 Å². The molecule has 0 radical (unpaired) electrons. The van der Waals surface area contributed by atoms with Crippen molar-refractivity contribution >= 4 is 17.7 Å². The molecule has 7 nitrogen and oxygen atoms in total. The topological polar surface area (TPSA) is 79.0 Å². The molecule has 4 rings (SSSR count). The third-order valence-corrected chi connectivity index (χ3v) is 6.92. The molecule has 2 atom stereocenters. The Balaban J connectivity index is 1.45. The van der Waals surface area contributed by atoms with Gasteiger partial charge in [-0.25, -0.2) is 0 Å². The highest BCUT2D eigenvalue weighted by Crippen LogP contribution is 2.36. The smallest absolute Gasteiger partial charge is 0.255 e. The van der Waals surface area contributed by atoms with E-state index in [2.05, 4.69) is 31.0 Å². The van der Waals surface area contributed by atoms with Crippen LogP contribution < -0.4 is 10.1 Å². The lowest BCUT2D eigenvalue weighted by Crippen LogP contribution is -2.52. The molecule has 2 fully saturated rings. The van der Waals surface area contributed by atoms with Crippen molar-refractivity contribution in [3.63, 3.8) is 0 Å². The van der Waals surface area contributed by atoms with Crippen LogP contribution >= 0.6 is 0 Å². The van der Waals surface area contributed by atoms with Crippen LogP contribution in [0.15, 0.2) is 18.2 Å². The van der Waals surface area contributed by atoms with Crippen LogP contribution in [0.5, 0.6) is 5.75 Å². The molecule has 1 aromatic carbocycles. The van der Waals surface area contributed by atoms with E-state index in [-0.39, 0.29) is 29.6 Å². The summed E-state index contributed by atoms with van der Waals surface area (Å²) in [4.78, 5) is 40.5. The van der Waals surface area contributed by atoms with Gasteiger partial charge in [-0.2, -0.15) is 0 Å². The van der Waals surface area contributed by atoms with Gasteiger partial charge in [-0.15, -0.1) is 0 Å². The van der Waals surface area contributed by atoms with Crippen molar-refractivity contribution in [2.75, 3.05) is 19.7 Å². The van der Waals surface area contributed by atoms with Gasteiger partial charge in [0.05, 0.1) is 0 Å². The normalized spacial score (nSPS) is 26.5. The SMILES string of the molecule is CCN1CCCC(C)(C)[C@H]1COc1ccc2c(c1)CN(C1CCC(=O)NC1=O)C2=O. The van der Waals surface area contributed by atoms with Gasteiger partial charge in [0, 0.05) is 24.6 Å². The summed E-state index contributed by atoms with van der Waals surface area (Å²) in [7, 11) is 0. The number of carbonyl (C=O) groups excluding carboxylic acids is 3. The maximum atomic E-state index is 12.8. The molecule has 0 aromatic heterocycles. The number of benzene rings is 1. The summed E-state index contributed by atoms with van der Waals surface area (Å²) >= 11 is 0. The van der Waals surface area contributed by atoms with Crippen LogP contribution in [-0.2, 0) is 16.1 Å². The number of amides is 3. The minimum atomic E-state index is -0.590. The first-order chi connectivity index (χ1) is 14.3. The molecule has 0 bridgehead atoms. The van der Waals surface area contributed by atoms with E-state index in [1.54, 1.807) is 11.0 Å². The van der Waals surface area contributed by atoms with E-state index < -0.39 is 6.04 Å². The summed E-state index contributed by atoms with van der Waals surface area (Å²) in [6.45, 7) is 9.91. The molecular weight excluding hydrogens is 382 g/mol. The second-order valence-corrected chi connectivity index (χ2v) is 9.27. The Bertz CT molecular complexity index is 866. The monoisotopic (exact) mass is 413 g/mol. The number of imide groups is 1. The van der Waals surface area contributed by atoms with Crippen molar-refractivity contribution < 1.29 is 19.1 Å². The molecule has 2 saturated heterocycles. The number of hydrogen-bond acceptors (Lipinski definition) is 5. The van der Waals surface area contributed by atoms with Crippen LogP contribution in [0.25, 0.3) is 0 Å². The van der Waals surface area contributed by atoms with Crippen molar-refractivity contribution in [1.29, 1.82) is 0 Å². The predicted octanol–water partition coefficient (Wildman–Crippen LogP) is 2.34. The molecular formula is C23H31N3O4. The number of hydrogen-bond donors (Lipinski definition) is 1. The number of likely N-dealkylation sites (tertiary alicyclic amines) is 1. The van der Waals surface area contributed by atoms with Gasteiger partial charge in [0.1, 0.15) is 18.4 Å². The van der Waals surface area contributed by atoms with E-state index in [1.807, 2.05) is 12.1 Å². The van der Waals surface area contributed by atoms with Crippen LogP contribution in [0, 0.1) is 5.41 Å². The number of nitrogens with one attached hydrogen (secondary N) is 1. The number of fused-ring (bicyclic) bond motifs is 1. The maximum Gasteiger partial charge on any atom is 0.255 e. The number of likely N-dealkylation sites (N-methyl/N-ethyl adjacent to an activating group) is 1. The van der Waals surface area contributed by atoms with E-state index >= 15 is 0 Å². The Kier molecular flexibility index (Phi) is 5.57. The quantitative estimate of drug-likeness (QED) is 0.750. The first kappa shape index (κ1) is 20.8. The summed E-state index contributed by atoms with van der Waals surface area (Å²) in [5, 5.41) is 2.34. The first-order valence-corrected chi connectivity index (χ1v) is 10.9. The fourth-order valence-corrected chi connectivity index (χ4v) is 5.08. The summed E-state index contributed by atoms with van der Waals surface area (Å²) in [5.41, 5.74) is 1.68. The largest absolute Gasteiger partial charge is 0.492 e. The predicted molar refractivity (Wildman–Crippen MR) is 112 cm³/mol. The highest BCUT2D eigenvalue weighted by atomic mass is 16.5. The summed E-state index contributed by atoms with van der Waals surface area (Å²) in [5.74, 6) is -0.0633. The van der Waals surface area contributed by atoms with Gasteiger partial charge in [0.2, 0.25) is 11.8 Å². The fourth-order valence-electron chi connectivity index (χ4n) is 5.08. The lowest BCUT2D eigenvalue weighted by atomic mass is 9.76. The zero-order chi connectivity index (χ0) is 21.5. The van der Waals surface area contributed by atoms with Crippen LogP contribution in [0.2, 0.25) is 0 Å². The minimum absolute atomic E-state index is 0.156. The molecule has 0 aliphatic carbocycles. The second-order valence-electron chi connectivity index (χ2n) is 9.27. The highest BCUT2D eigenvalue weighted by Gasteiger charge is 2.40. The van der Waals surface area contributed by atoms with Crippen LogP contribution in [-0.4, -0.2) is 59.3 Å². The van der Waals surface area contributed by atoms with Gasteiger partial charge >= 0.3 is 0 Å². The Labute approximate surface area is 177 Å². The Hall–Kier alpha value is -2.41. The lowest BCUT2D eigenvalue weighted by Gasteiger charge is -2.46. The molecule has 1 unspecified atom stereocenters. The molecule has 30 heavy (non-hydrogen) atoms. The van der Waals surface area contributed by atoms with E-state index in [0.717, 1.165) is 24.4 Å². The maximum absolute atomic E-state index is 12.8. The third-order valence-electron chi connectivity index (χ3n) is 6.92. The number of carbonyl (C=O) groups is 3. The lowest BCUT2D eigenvalue weighted by molar-refractivity contribution is -0.136. The van der Waals surface area contributed by atoms with E-state index in [4.69, 9.17) is 4.74 Å². The molecule has 1 N–H and O–H groups in total. The summed E-state index contributed by atoms with van der Waals surface area (Å²) in [6.07, 6.45) is 3.04. The second kappa shape index (κ2) is 8.02. The molecule has 3 aliphatic rings. The molecule has 1 aromatic rings. The minimum Gasteiger partial charge on any atom is -0.492 e. The van der Waals surface area contributed by atoms with Crippen molar-refractivity contribution in [1.82, 2.24) is 15.1 Å². The van der Waals surface area contributed by atoms with Crippen molar-refractivity contribution in [2.24, 2.45) is 5.41 Å². The van der Waals surface area contributed by atoms with Gasteiger partial charge in [-0.05, 0) is 61.5 Å². The molecule has 3 heterocycles. The fraction of sp³-hybridized carbons (Fsp3) is 0.609. The Morgan fingerprint density at radius 3 is 2.77 bits per heavy atom. The molecule has 3 amide bonds. The van der Waals surface area contributed by atoms with Gasteiger partial charge in [0.15, 0.2) is 0 Å². The summed E-state index contributed by atoms with van der Waals surface area (Å²) < 4.78 is 6.19. The van der Waals surface area contributed by atoms with Crippen molar-refractivity contribution in [3.05, 3.63) is 29.3 Å². The Morgan fingerprint density at radius 1 is 1.23 bits per heavy atom. The molecule has 0 spiro atoms. The number of nitrogens with zero attached hydrogens (tertiary/aromatic N) is 2. The molecule has 7 heteroatoms. The molecule has 162 valence electrons. The van der Waals surface area contributed by atoms with Gasteiger partial charge < -0.3 is 9.64 Å². The standard InChI is InChI=1S/C23H31N3O4/c1-4-25-11-5-10-23(2,3)19(25)14-30-16-6-7-17-15(12-16)13-26(22(17)29)18-8-9-20(27)24-21(18)28/h6-7,12,18-19H,4-5,8-11,13-14H2,1-3H3,(H,24,27,28)/t18?,19-/m1/s1. The number of rotatable bonds is 5. The van der Waals surface area contributed by atoms with Gasteiger partial charge in [0.25, 0.3) is 5.91 Å². The van der Waals surface area contributed by atoms with Crippen LogP contribution in [0.1, 0.15) is 62.4 Å². The van der Waals surface area contributed by atoms with Crippen molar-refractivity contribution in [3.8, 4) is 5.75 Å². The van der Waals surface area contributed by atoms with Gasteiger partial charge in [-0.3, -0.25) is 24.6 Å². The average Bonchev–Trinajstić information content (AvgIpc) is 3.02. The summed E-state index contributed by atoms with van der Waals surface area (Å²) in [6, 6.07) is 5.32.